The lowest BCUT2D eigenvalue weighted by Gasteiger charge is -2.38. The van der Waals surface area contributed by atoms with Gasteiger partial charge in [0.05, 0.1) is 0 Å². The van der Waals surface area contributed by atoms with Gasteiger partial charge in [0.2, 0.25) is 5.91 Å². The second-order valence-electron chi connectivity index (χ2n) is 8.10. The molecule has 0 spiro atoms. The molecule has 2 fully saturated rings. The van der Waals surface area contributed by atoms with E-state index in [4.69, 9.17) is 0 Å². The van der Waals surface area contributed by atoms with E-state index in [1.165, 1.54) is 22.4 Å². The van der Waals surface area contributed by atoms with Crippen molar-refractivity contribution >= 4 is 17.3 Å². The van der Waals surface area contributed by atoms with Crippen LogP contribution in [0.1, 0.15) is 23.6 Å². The second kappa shape index (κ2) is 9.04. The molecule has 2 aromatic carbocycles. The van der Waals surface area contributed by atoms with Gasteiger partial charge in [0.15, 0.2) is 0 Å². The van der Waals surface area contributed by atoms with Gasteiger partial charge in [-0.2, -0.15) is 5.53 Å². The van der Waals surface area contributed by atoms with Gasteiger partial charge < -0.3 is 15.1 Å². The lowest BCUT2D eigenvalue weighted by Crippen LogP contribution is -2.57. The molecule has 2 atom stereocenters. The first-order chi connectivity index (χ1) is 14.6. The number of nitrogens with zero attached hydrogens (tertiary/aromatic N) is 2. The summed E-state index contributed by atoms with van der Waals surface area (Å²) in [5.41, 5.74) is 15.3. The standard InChI is InChI=1S/C23H32N6O/c1-4-18-8-10-19(11-9-18)24-22-21(25-27-26-22)23(30)29-14-12-28(13-15-29)20-7-5-6-16(2)17(20)3/h5-11,21-22,24-27H,4,12-15H2,1-3H3. The molecule has 0 saturated carbocycles. The quantitative estimate of drug-likeness (QED) is 0.606. The summed E-state index contributed by atoms with van der Waals surface area (Å²) in [6.45, 7) is 9.60. The minimum Gasteiger partial charge on any atom is -0.368 e. The van der Waals surface area contributed by atoms with Crippen molar-refractivity contribution in [2.75, 3.05) is 36.4 Å². The molecule has 2 aliphatic rings. The molecule has 2 unspecified atom stereocenters. The molecule has 30 heavy (non-hydrogen) atoms. The molecular weight excluding hydrogens is 376 g/mol. The number of hydrazine groups is 2. The maximum absolute atomic E-state index is 13.2. The Morgan fingerprint density at radius 2 is 1.77 bits per heavy atom. The molecule has 2 aliphatic heterocycles. The molecule has 2 aromatic rings. The van der Waals surface area contributed by atoms with E-state index in [0.717, 1.165) is 38.3 Å². The Kier molecular flexibility index (Phi) is 6.22. The fraction of sp³-hybridized carbons (Fsp3) is 0.435. The fourth-order valence-corrected chi connectivity index (χ4v) is 4.15. The van der Waals surface area contributed by atoms with Crippen molar-refractivity contribution in [3.8, 4) is 0 Å². The van der Waals surface area contributed by atoms with Crippen LogP contribution >= 0.6 is 0 Å². The molecule has 7 nitrogen and oxygen atoms in total. The number of hydrogen-bond donors (Lipinski definition) is 4. The molecule has 2 saturated heterocycles. The summed E-state index contributed by atoms with van der Waals surface area (Å²) in [5.74, 6) is 0.107. The van der Waals surface area contributed by atoms with Crippen LogP contribution in [0.3, 0.4) is 0 Å². The zero-order valence-electron chi connectivity index (χ0n) is 18.0. The Balaban J connectivity index is 1.36. The van der Waals surface area contributed by atoms with Crippen LogP contribution < -0.4 is 26.6 Å². The van der Waals surface area contributed by atoms with Crippen molar-refractivity contribution in [3.05, 3.63) is 59.2 Å². The third-order valence-corrected chi connectivity index (χ3v) is 6.25. The zero-order valence-corrected chi connectivity index (χ0v) is 18.0. The smallest absolute Gasteiger partial charge is 0.244 e. The van der Waals surface area contributed by atoms with E-state index in [1.54, 1.807) is 0 Å². The predicted molar refractivity (Wildman–Crippen MR) is 121 cm³/mol. The van der Waals surface area contributed by atoms with E-state index in [1.807, 2.05) is 4.90 Å². The van der Waals surface area contributed by atoms with Crippen molar-refractivity contribution < 1.29 is 4.79 Å². The number of nitrogens with one attached hydrogen (secondary N) is 4. The van der Waals surface area contributed by atoms with Crippen LogP contribution in [-0.2, 0) is 11.2 Å². The number of hydrogen-bond acceptors (Lipinski definition) is 6. The van der Waals surface area contributed by atoms with Gasteiger partial charge in [-0.3, -0.25) is 4.79 Å². The number of aryl methyl sites for hydroxylation is 2. The molecule has 160 valence electrons. The third kappa shape index (κ3) is 4.28. The average molecular weight is 409 g/mol. The van der Waals surface area contributed by atoms with Gasteiger partial charge >= 0.3 is 0 Å². The number of benzene rings is 2. The van der Waals surface area contributed by atoms with Crippen molar-refractivity contribution in [1.29, 1.82) is 0 Å². The molecule has 0 aliphatic carbocycles. The largest absolute Gasteiger partial charge is 0.368 e. The van der Waals surface area contributed by atoms with Gasteiger partial charge in [-0.15, -0.1) is 0 Å². The van der Waals surface area contributed by atoms with E-state index in [2.05, 4.69) is 89.8 Å². The Hall–Kier alpha value is -2.61. The van der Waals surface area contributed by atoms with Crippen LogP contribution in [0, 0.1) is 13.8 Å². The highest BCUT2D eigenvalue weighted by Crippen LogP contribution is 2.24. The normalized spacial score (nSPS) is 21.7. The minimum absolute atomic E-state index is 0.107. The monoisotopic (exact) mass is 408 g/mol. The minimum atomic E-state index is -0.372. The highest BCUT2D eigenvalue weighted by Gasteiger charge is 2.36. The summed E-state index contributed by atoms with van der Waals surface area (Å²) >= 11 is 0. The fourth-order valence-electron chi connectivity index (χ4n) is 4.15. The highest BCUT2D eigenvalue weighted by atomic mass is 16.2. The first-order valence-electron chi connectivity index (χ1n) is 10.8. The molecule has 4 rings (SSSR count). The van der Waals surface area contributed by atoms with E-state index in [-0.39, 0.29) is 18.1 Å². The van der Waals surface area contributed by atoms with Crippen LogP contribution in [-0.4, -0.2) is 49.2 Å². The van der Waals surface area contributed by atoms with Crippen LogP contribution in [0.25, 0.3) is 0 Å². The third-order valence-electron chi connectivity index (χ3n) is 6.25. The highest BCUT2D eigenvalue weighted by molar-refractivity contribution is 5.83. The Bertz CT molecular complexity index is 876. The van der Waals surface area contributed by atoms with Crippen LogP contribution in [0.2, 0.25) is 0 Å². The van der Waals surface area contributed by atoms with E-state index < -0.39 is 0 Å². The molecule has 0 aromatic heterocycles. The van der Waals surface area contributed by atoms with Crippen molar-refractivity contribution in [1.82, 2.24) is 21.3 Å². The number of piperazine rings is 1. The van der Waals surface area contributed by atoms with Gasteiger partial charge in [0, 0.05) is 37.6 Å². The first kappa shape index (κ1) is 20.7. The SMILES string of the molecule is CCc1ccc(NC2NNNC2C(=O)N2CCN(c3cccc(C)c3C)CC2)cc1. The maximum atomic E-state index is 13.2. The maximum Gasteiger partial charge on any atom is 0.244 e. The van der Waals surface area contributed by atoms with Crippen LogP contribution in [0.5, 0.6) is 0 Å². The van der Waals surface area contributed by atoms with Gasteiger partial charge in [0.1, 0.15) is 12.2 Å². The van der Waals surface area contributed by atoms with Crippen LogP contribution in [0.4, 0.5) is 11.4 Å². The lowest BCUT2D eigenvalue weighted by molar-refractivity contribution is -0.133. The first-order valence-corrected chi connectivity index (χ1v) is 10.8. The molecular formula is C23H32N6O. The topological polar surface area (TPSA) is 71.7 Å². The summed E-state index contributed by atoms with van der Waals surface area (Å²) in [5, 5.41) is 3.42. The number of carbonyl (C=O) groups excluding carboxylic acids is 1. The number of anilines is 2. The zero-order chi connectivity index (χ0) is 21.1. The Morgan fingerprint density at radius 1 is 1.03 bits per heavy atom. The molecule has 1 amide bonds. The van der Waals surface area contributed by atoms with Gasteiger partial charge in [-0.25, -0.2) is 10.9 Å². The van der Waals surface area contributed by atoms with E-state index in [9.17, 15) is 4.79 Å². The molecule has 0 radical (unpaired) electrons. The van der Waals surface area contributed by atoms with Gasteiger partial charge in [0.25, 0.3) is 0 Å². The summed E-state index contributed by atoms with van der Waals surface area (Å²) in [6, 6.07) is 14.4. The molecule has 4 N–H and O–H groups in total. The Morgan fingerprint density at radius 3 is 2.47 bits per heavy atom. The summed E-state index contributed by atoms with van der Waals surface area (Å²) in [7, 11) is 0. The van der Waals surface area contributed by atoms with Crippen molar-refractivity contribution in [2.24, 2.45) is 0 Å². The summed E-state index contributed by atoms with van der Waals surface area (Å²) in [6.07, 6.45) is 0.794. The lowest BCUT2D eigenvalue weighted by atomic mass is 10.1. The van der Waals surface area contributed by atoms with Gasteiger partial charge in [-0.05, 0) is 55.2 Å². The number of rotatable bonds is 5. The Labute approximate surface area is 178 Å². The number of amides is 1. The van der Waals surface area contributed by atoms with Crippen molar-refractivity contribution in [2.45, 2.75) is 39.4 Å². The average Bonchev–Trinajstić information content (AvgIpc) is 3.24. The van der Waals surface area contributed by atoms with E-state index in [0.29, 0.717) is 0 Å². The summed E-state index contributed by atoms with van der Waals surface area (Å²) in [4.78, 5) is 17.5. The van der Waals surface area contributed by atoms with Crippen molar-refractivity contribution in [3.63, 3.8) is 0 Å². The number of carbonyl (C=O) groups is 1. The second-order valence-corrected chi connectivity index (χ2v) is 8.10. The molecule has 0 bridgehead atoms. The summed E-state index contributed by atoms with van der Waals surface area (Å²) < 4.78 is 0. The van der Waals surface area contributed by atoms with E-state index >= 15 is 0 Å². The van der Waals surface area contributed by atoms with Crippen LogP contribution in [0.15, 0.2) is 42.5 Å². The van der Waals surface area contributed by atoms with Gasteiger partial charge in [-0.1, -0.05) is 31.2 Å². The predicted octanol–water partition coefficient (Wildman–Crippen LogP) is 1.93. The molecule has 7 heteroatoms. The molecule has 2 heterocycles.